The molecular weight excluding hydrogens is 316 g/mol. The van der Waals surface area contributed by atoms with Gasteiger partial charge in [-0.3, -0.25) is 0 Å². The van der Waals surface area contributed by atoms with E-state index in [1.807, 2.05) is 36.7 Å². The highest BCUT2D eigenvalue weighted by atomic mass is 32.2. The van der Waals surface area contributed by atoms with E-state index in [-0.39, 0.29) is 0 Å². The van der Waals surface area contributed by atoms with Crippen molar-refractivity contribution < 1.29 is 0 Å². The van der Waals surface area contributed by atoms with Crippen LogP contribution < -0.4 is 0 Å². The van der Waals surface area contributed by atoms with Crippen LogP contribution in [0.4, 0.5) is 0 Å². The highest BCUT2D eigenvalue weighted by Crippen LogP contribution is 2.27. The average Bonchev–Trinajstić information content (AvgIpc) is 3.18. The van der Waals surface area contributed by atoms with E-state index < -0.39 is 0 Å². The summed E-state index contributed by atoms with van der Waals surface area (Å²) in [5.74, 6) is 0.806. The molecule has 0 radical (unpaired) electrons. The van der Waals surface area contributed by atoms with Crippen molar-refractivity contribution in [3.05, 3.63) is 72.3 Å². The number of nitrogens with zero attached hydrogens (tertiary/aromatic N) is 4. The van der Waals surface area contributed by atoms with Gasteiger partial charge in [0.2, 0.25) is 0 Å². The van der Waals surface area contributed by atoms with Gasteiger partial charge < -0.3 is 8.97 Å². The third kappa shape index (κ3) is 2.71. The fourth-order valence-electron chi connectivity index (χ4n) is 2.82. The molecule has 0 fully saturated rings. The number of imidazole rings is 2. The molecule has 4 rings (SSSR count). The average molecular weight is 334 g/mol. The molecule has 1 aromatic carbocycles. The molecule has 3 aromatic heterocycles. The Morgan fingerprint density at radius 1 is 1.08 bits per heavy atom. The molecule has 0 N–H and O–H groups in total. The molecule has 0 unspecified atom stereocenters. The quantitative estimate of drug-likeness (QED) is 0.521. The molecule has 4 aromatic rings. The fourth-order valence-corrected chi connectivity index (χ4v) is 3.65. The maximum absolute atomic E-state index is 4.73. The van der Waals surface area contributed by atoms with E-state index in [0.717, 1.165) is 27.9 Å². The second-order valence-electron chi connectivity index (χ2n) is 5.79. The molecule has 4 nitrogen and oxygen atoms in total. The summed E-state index contributed by atoms with van der Waals surface area (Å²) in [6, 6.07) is 14.5. The largest absolute Gasteiger partial charge is 0.322 e. The number of aromatic nitrogens is 4. The Hall–Kier alpha value is -2.53. The van der Waals surface area contributed by atoms with E-state index in [4.69, 9.17) is 4.98 Å². The molecule has 24 heavy (non-hydrogen) atoms. The van der Waals surface area contributed by atoms with Crippen LogP contribution in [0.1, 0.15) is 11.3 Å². The molecule has 120 valence electrons. The minimum absolute atomic E-state index is 0.806. The molecule has 3 heterocycles. The normalized spacial score (nSPS) is 11.2. The van der Waals surface area contributed by atoms with Gasteiger partial charge in [0.1, 0.15) is 5.65 Å². The van der Waals surface area contributed by atoms with Gasteiger partial charge in [-0.15, -0.1) is 0 Å². The maximum Gasteiger partial charge on any atom is 0.168 e. The van der Waals surface area contributed by atoms with E-state index in [0.29, 0.717) is 0 Å². The summed E-state index contributed by atoms with van der Waals surface area (Å²) in [5.41, 5.74) is 5.60. The Labute approximate surface area is 145 Å². The van der Waals surface area contributed by atoms with Crippen LogP contribution in [0.3, 0.4) is 0 Å². The monoisotopic (exact) mass is 334 g/mol. The lowest BCUT2D eigenvalue weighted by atomic mass is 10.2. The van der Waals surface area contributed by atoms with Crippen LogP contribution in [0.2, 0.25) is 0 Å². The Balaban J connectivity index is 1.55. The zero-order chi connectivity index (χ0) is 16.5. The zero-order valence-corrected chi connectivity index (χ0v) is 14.5. The first-order chi connectivity index (χ1) is 11.7. The molecule has 0 aliphatic rings. The summed E-state index contributed by atoms with van der Waals surface area (Å²) >= 11 is 1.71. The number of aryl methyl sites for hydroxylation is 1. The fraction of sp³-hybridized carbons (Fsp3) is 0.158. The Kier molecular flexibility index (Phi) is 3.86. The number of rotatable bonds is 4. The highest BCUT2D eigenvalue weighted by molar-refractivity contribution is 7.98. The molecule has 0 atom stereocenters. The topological polar surface area (TPSA) is 35.1 Å². The molecule has 0 bridgehead atoms. The minimum atomic E-state index is 0.806. The molecule has 0 saturated heterocycles. The molecule has 0 saturated carbocycles. The van der Waals surface area contributed by atoms with Crippen molar-refractivity contribution >= 4 is 17.4 Å². The van der Waals surface area contributed by atoms with Crippen LogP contribution in [0.25, 0.3) is 16.9 Å². The third-order valence-electron chi connectivity index (χ3n) is 4.09. The van der Waals surface area contributed by atoms with Gasteiger partial charge in [-0.25, -0.2) is 9.97 Å². The summed E-state index contributed by atoms with van der Waals surface area (Å²) in [4.78, 5) is 9.30. The van der Waals surface area contributed by atoms with Gasteiger partial charge in [0.25, 0.3) is 0 Å². The highest BCUT2D eigenvalue weighted by Gasteiger charge is 2.10. The van der Waals surface area contributed by atoms with Crippen molar-refractivity contribution in [2.75, 3.05) is 0 Å². The number of fused-ring (bicyclic) bond motifs is 1. The maximum atomic E-state index is 4.73. The molecular formula is C19H18N4S. The lowest BCUT2D eigenvalue weighted by molar-refractivity contribution is 0.796. The van der Waals surface area contributed by atoms with E-state index in [1.54, 1.807) is 11.8 Å². The summed E-state index contributed by atoms with van der Waals surface area (Å²) < 4.78 is 4.22. The third-order valence-corrected chi connectivity index (χ3v) is 5.17. The summed E-state index contributed by atoms with van der Waals surface area (Å²) in [7, 11) is 2.06. The second-order valence-corrected chi connectivity index (χ2v) is 6.74. The van der Waals surface area contributed by atoms with Crippen LogP contribution >= 0.6 is 11.8 Å². The van der Waals surface area contributed by atoms with Crippen LogP contribution in [0.15, 0.2) is 66.2 Å². The SMILES string of the molecule is Cc1cccn2cc(CSc3ncc(-c4ccccc4)n3C)nc12. The van der Waals surface area contributed by atoms with Crippen molar-refractivity contribution in [3.8, 4) is 11.3 Å². The predicted octanol–water partition coefficient (Wildman–Crippen LogP) is 4.34. The smallest absolute Gasteiger partial charge is 0.168 e. The summed E-state index contributed by atoms with van der Waals surface area (Å²) in [5, 5.41) is 1.00. The summed E-state index contributed by atoms with van der Waals surface area (Å²) in [6.07, 6.45) is 6.07. The van der Waals surface area contributed by atoms with Gasteiger partial charge in [0.15, 0.2) is 5.16 Å². The molecule has 5 heteroatoms. The number of thioether (sulfide) groups is 1. The van der Waals surface area contributed by atoms with Gasteiger partial charge in [-0.05, 0) is 24.1 Å². The molecule has 0 aliphatic carbocycles. The van der Waals surface area contributed by atoms with Crippen molar-refractivity contribution in [1.82, 2.24) is 18.9 Å². The van der Waals surface area contributed by atoms with Gasteiger partial charge in [-0.1, -0.05) is 48.2 Å². The predicted molar refractivity (Wildman–Crippen MR) is 98.1 cm³/mol. The number of hydrogen-bond acceptors (Lipinski definition) is 3. The Morgan fingerprint density at radius 2 is 1.92 bits per heavy atom. The van der Waals surface area contributed by atoms with Crippen LogP contribution in [0.5, 0.6) is 0 Å². The van der Waals surface area contributed by atoms with Crippen LogP contribution in [0, 0.1) is 6.92 Å². The molecule has 0 amide bonds. The van der Waals surface area contributed by atoms with Crippen LogP contribution in [-0.2, 0) is 12.8 Å². The second kappa shape index (κ2) is 6.17. The minimum Gasteiger partial charge on any atom is -0.322 e. The first-order valence-corrected chi connectivity index (χ1v) is 8.84. The number of pyridine rings is 1. The van der Waals surface area contributed by atoms with E-state index in [2.05, 4.69) is 52.3 Å². The number of benzene rings is 1. The van der Waals surface area contributed by atoms with E-state index in [1.165, 1.54) is 11.1 Å². The van der Waals surface area contributed by atoms with Crippen molar-refractivity contribution in [3.63, 3.8) is 0 Å². The number of hydrogen-bond donors (Lipinski definition) is 0. The summed E-state index contributed by atoms with van der Waals surface area (Å²) in [6.45, 7) is 2.09. The first-order valence-electron chi connectivity index (χ1n) is 7.85. The standard InChI is InChI=1S/C19H18N4S/c1-14-7-6-10-23-12-16(21-18(14)23)13-24-19-20-11-17(22(19)2)15-8-4-3-5-9-15/h3-12H,13H2,1-2H3. The zero-order valence-electron chi connectivity index (χ0n) is 13.7. The lowest BCUT2D eigenvalue weighted by Gasteiger charge is -2.05. The van der Waals surface area contributed by atoms with Crippen molar-refractivity contribution in [2.24, 2.45) is 7.05 Å². The lowest BCUT2D eigenvalue weighted by Crippen LogP contribution is -1.94. The van der Waals surface area contributed by atoms with Gasteiger partial charge in [0.05, 0.1) is 17.6 Å². The first kappa shape index (κ1) is 15.0. The van der Waals surface area contributed by atoms with Gasteiger partial charge >= 0.3 is 0 Å². The van der Waals surface area contributed by atoms with Crippen LogP contribution in [-0.4, -0.2) is 18.9 Å². The van der Waals surface area contributed by atoms with E-state index in [9.17, 15) is 0 Å². The molecule has 0 spiro atoms. The van der Waals surface area contributed by atoms with Gasteiger partial charge in [-0.2, -0.15) is 0 Å². The Bertz CT molecular complexity index is 985. The van der Waals surface area contributed by atoms with Gasteiger partial charge in [0, 0.05) is 25.2 Å². The molecule has 0 aliphatic heterocycles. The Morgan fingerprint density at radius 3 is 2.71 bits per heavy atom. The van der Waals surface area contributed by atoms with Crippen molar-refractivity contribution in [2.45, 2.75) is 17.8 Å². The van der Waals surface area contributed by atoms with E-state index >= 15 is 0 Å². The van der Waals surface area contributed by atoms with Crippen molar-refractivity contribution in [1.29, 1.82) is 0 Å².